The van der Waals surface area contributed by atoms with Gasteiger partial charge in [0, 0.05) is 19.8 Å². The highest BCUT2D eigenvalue weighted by atomic mass is 28.3. The maximum atomic E-state index is 11.3. The van der Waals surface area contributed by atoms with Gasteiger partial charge in [-0.2, -0.15) is 0 Å². The maximum Gasteiger partial charge on any atom is 0.423 e. The van der Waals surface area contributed by atoms with Crippen molar-refractivity contribution in [3.8, 4) is 0 Å². The van der Waals surface area contributed by atoms with Crippen molar-refractivity contribution in [2.24, 2.45) is 0 Å². The lowest BCUT2D eigenvalue weighted by atomic mass is 10.1. The van der Waals surface area contributed by atoms with E-state index in [-0.39, 0.29) is 5.97 Å². The molecule has 0 aliphatic heterocycles. The molecule has 0 amide bonds. The number of rotatable bonds is 8. The van der Waals surface area contributed by atoms with E-state index in [0.29, 0.717) is 12.2 Å². The molecule has 1 radical (unpaired) electrons. The Morgan fingerprint density at radius 2 is 1.90 bits per heavy atom. The lowest BCUT2D eigenvalue weighted by Crippen LogP contribution is -2.37. The molecule has 1 aromatic rings. The molecule has 5 heteroatoms. The topological polar surface area (TPSA) is 44.8 Å². The Balaban J connectivity index is 2.56. The van der Waals surface area contributed by atoms with Crippen LogP contribution < -0.4 is 5.19 Å². The average Bonchev–Trinajstić information content (AvgIpc) is 2.45. The van der Waals surface area contributed by atoms with Gasteiger partial charge in [-0.25, -0.2) is 4.79 Å². The van der Waals surface area contributed by atoms with Crippen molar-refractivity contribution in [3.05, 3.63) is 42.0 Å². The van der Waals surface area contributed by atoms with Crippen LogP contribution in [-0.2, 0) is 24.8 Å². The largest absolute Gasteiger partial charge is 0.462 e. The third-order valence-electron chi connectivity index (χ3n) is 2.78. The number of esters is 1. The Morgan fingerprint density at radius 3 is 2.50 bits per heavy atom. The fourth-order valence-corrected chi connectivity index (χ4v) is 3.10. The molecule has 0 saturated heterocycles. The molecule has 1 aromatic carbocycles. The summed E-state index contributed by atoms with van der Waals surface area (Å²) in [7, 11) is 1.89. The van der Waals surface area contributed by atoms with Crippen molar-refractivity contribution >= 4 is 20.4 Å². The molecule has 0 atom stereocenters. The van der Waals surface area contributed by atoms with Crippen LogP contribution in [-0.4, -0.2) is 36.1 Å². The fraction of sp³-hybridized carbons (Fsp3) is 0.400. The summed E-state index contributed by atoms with van der Waals surface area (Å²) >= 11 is 0. The molecule has 0 aliphatic carbocycles. The number of hydrogen-bond acceptors (Lipinski definition) is 4. The zero-order valence-corrected chi connectivity index (χ0v) is 13.3. The van der Waals surface area contributed by atoms with E-state index in [1.165, 1.54) is 5.56 Å². The predicted octanol–water partition coefficient (Wildman–Crippen LogP) is 1.73. The average molecular weight is 293 g/mol. The minimum absolute atomic E-state index is 0.336. The lowest BCUT2D eigenvalue weighted by molar-refractivity contribution is -0.139. The third-order valence-corrected chi connectivity index (χ3v) is 4.45. The molecule has 109 valence electrons. The van der Waals surface area contributed by atoms with E-state index in [4.69, 9.17) is 13.6 Å². The van der Waals surface area contributed by atoms with Crippen LogP contribution in [0.2, 0.25) is 0 Å². The third kappa shape index (κ3) is 4.92. The second-order valence-corrected chi connectivity index (χ2v) is 6.30. The van der Waals surface area contributed by atoms with Crippen LogP contribution >= 0.6 is 0 Å². The van der Waals surface area contributed by atoms with Gasteiger partial charge in [0.2, 0.25) is 0 Å². The molecule has 0 fully saturated rings. The molecule has 0 aliphatic rings. The van der Waals surface area contributed by atoms with Gasteiger partial charge in [-0.3, -0.25) is 0 Å². The molecule has 0 aromatic heterocycles. The Labute approximate surface area is 122 Å². The Bertz CT molecular complexity index is 455. The molecule has 20 heavy (non-hydrogen) atoms. The first-order chi connectivity index (χ1) is 9.60. The SMILES string of the molecule is C=C(C)C(=O)OCCCc1ccccc1[Si](OC)OC. The van der Waals surface area contributed by atoms with E-state index in [1.54, 1.807) is 21.1 Å². The predicted molar refractivity (Wildman–Crippen MR) is 79.9 cm³/mol. The van der Waals surface area contributed by atoms with E-state index in [2.05, 4.69) is 12.6 Å². The van der Waals surface area contributed by atoms with Crippen molar-refractivity contribution < 1.29 is 18.4 Å². The molecular weight excluding hydrogens is 272 g/mol. The number of carbonyl (C=O) groups excluding carboxylic acids is 1. The molecule has 0 heterocycles. The van der Waals surface area contributed by atoms with E-state index >= 15 is 0 Å². The second-order valence-electron chi connectivity index (χ2n) is 4.37. The first-order valence-electron chi connectivity index (χ1n) is 6.46. The fourth-order valence-electron chi connectivity index (χ4n) is 1.79. The summed E-state index contributed by atoms with van der Waals surface area (Å²) in [6.07, 6.45) is 1.58. The summed E-state index contributed by atoms with van der Waals surface area (Å²) in [5.41, 5.74) is 1.60. The summed E-state index contributed by atoms with van der Waals surface area (Å²) in [6.45, 7) is 5.58. The Hall–Kier alpha value is -1.43. The van der Waals surface area contributed by atoms with Gasteiger partial charge in [-0.15, -0.1) is 0 Å². The van der Waals surface area contributed by atoms with Gasteiger partial charge >= 0.3 is 15.3 Å². The van der Waals surface area contributed by atoms with Crippen LogP contribution in [0, 0.1) is 0 Å². The molecule has 1 rings (SSSR count). The van der Waals surface area contributed by atoms with Crippen molar-refractivity contribution in [2.45, 2.75) is 19.8 Å². The summed E-state index contributed by atoms with van der Waals surface area (Å²) in [5, 5.41) is 1.11. The van der Waals surface area contributed by atoms with Gasteiger partial charge < -0.3 is 13.6 Å². The van der Waals surface area contributed by atoms with Crippen LogP contribution in [0.4, 0.5) is 0 Å². The maximum absolute atomic E-state index is 11.3. The van der Waals surface area contributed by atoms with Crippen LogP contribution in [0.5, 0.6) is 0 Å². The van der Waals surface area contributed by atoms with Crippen LogP contribution in [0.3, 0.4) is 0 Å². The Kier molecular flexibility index (Phi) is 7.21. The molecule has 0 saturated carbocycles. The summed E-state index contributed by atoms with van der Waals surface area (Å²) < 4.78 is 15.9. The van der Waals surface area contributed by atoms with Gasteiger partial charge in [-0.05, 0) is 30.5 Å². The van der Waals surface area contributed by atoms with Crippen molar-refractivity contribution in [2.75, 3.05) is 20.8 Å². The first kappa shape index (κ1) is 16.6. The number of carbonyl (C=O) groups is 1. The zero-order chi connectivity index (χ0) is 15.0. The van der Waals surface area contributed by atoms with Crippen LogP contribution in [0.25, 0.3) is 0 Å². The highest BCUT2D eigenvalue weighted by Gasteiger charge is 2.19. The summed E-state index contributed by atoms with van der Waals surface area (Å²) in [6, 6.07) is 8.04. The first-order valence-corrected chi connectivity index (χ1v) is 7.77. The van der Waals surface area contributed by atoms with E-state index in [9.17, 15) is 4.79 Å². The highest BCUT2D eigenvalue weighted by molar-refractivity contribution is 6.61. The number of ether oxygens (including phenoxy) is 1. The van der Waals surface area contributed by atoms with Gasteiger partial charge in [0.05, 0.1) is 6.61 Å². The second kappa shape index (κ2) is 8.68. The molecule has 0 spiro atoms. The monoisotopic (exact) mass is 293 g/mol. The lowest BCUT2D eigenvalue weighted by Gasteiger charge is -2.14. The minimum atomic E-state index is -1.42. The minimum Gasteiger partial charge on any atom is -0.462 e. The standard InChI is InChI=1S/C15H21O4Si/c1-12(2)15(16)19-11-7-9-13-8-5-6-10-14(13)20(17-3)18-4/h5-6,8,10H,1,7,9,11H2,2-4H3. The molecule has 0 unspecified atom stereocenters. The van der Waals surface area contributed by atoms with E-state index in [0.717, 1.165) is 18.0 Å². The van der Waals surface area contributed by atoms with Gasteiger partial charge in [0.25, 0.3) is 0 Å². The molecule has 4 nitrogen and oxygen atoms in total. The summed E-state index contributed by atoms with van der Waals surface area (Å²) in [5.74, 6) is -0.336. The molecule has 0 bridgehead atoms. The quantitative estimate of drug-likeness (QED) is 0.317. The van der Waals surface area contributed by atoms with Crippen molar-refractivity contribution in [3.63, 3.8) is 0 Å². The van der Waals surface area contributed by atoms with E-state index in [1.807, 2.05) is 18.2 Å². The number of hydrogen-bond donors (Lipinski definition) is 0. The number of aryl methyl sites for hydroxylation is 1. The smallest absolute Gasteiger partial charge is 0.423 e. The zero-order valence-electron chi connectivity index (χ0n) is 12.3. The van der Waals surface area contributed by atoms with Crippen LogP contribution in [0.1, 0.15) is 18.9 Å². The van der Waals surface area contributed by atoms with E-state index < -0.39 is 9.28 Å². The van der Waals surface area contributed by atoms with Crippen LogP contribution in [0.15, 0.2) is 36.4 Å². The van der Waals surface area contributed by atoms with Gasteiger partial charge in [-0.1, -0.05) is 30.8 Å². The van der Waals surface area contributed by atoms with Gasteiger partial charge in [0.15, 0.2) is 0 Å². The normalized spacial score (nSPS) is 10.6. The highest BCUT2D eigenvalue weighted by Crippen LogP contribution is 2.04. The van der Waals surface area contributed by atoms with Crippen molar-refractivity contribution in [1.82, 2.24) is 0 Å². The molecule has 0 N–H and O–H groups in total. The van der Waals surface area contributed by atoms with Gasteiger partial charge in [0.1, 0.15) is 0 Å². The Morgan fingerprint density at radius 1 is 1.25 bits per heavy atom. The summed E-state index contributed by atoms with van der Waals surface area (Å²) in [4.78, 5) is 11.3. The number of benzene rings is 1. The van der Waals surface area contributed by atoms with Crippen molar-refractivity contribution in [1.29, 1.82) is 0 Å². The molecular formula is C15H21O4Si.